The number of amides is 1. The number of ether oxygens (including phenoxy) is 1. The number of carbonyl (C=O) groups is 2. The zero-order chi connectivity index (χ0) is 13.1. The topological polar surface area (TPSA) is 55.4 Å². The van der Waals surface area contributed by atoms with Crippen LogP contribution in [0.4, 0.5) is 4.79 Å². The molecule has 0 unspecified atom stereocenters. The molecule has 17 heavy (non-hydrogen) atoms. The van der Waals surface area contributed by atoms with Crippen molar-refractivity contribution in [2.45, 2.75) is 65.0 Å². The van der Waals surface area contributed by atoms with Gasteiger partial charge in [-0.1, -0.05) is 6.92 Å². The molecule has 1 saturated carbocycles. The second-order valence-electron chi connectivity index (χ2n) is 5.78. The van der Waals surface area contributed by atoms with Gasteiger partial charge in [0, 0.05) is 18.9 Å². The fourth-order valence-corrected chi connectivity index (χ4v) is 1.96. The van der Waals surface area contributed by atoms with Gasteiger partial charge >= 0.3 is 6.09 Å². The fourth-order valence-electron chi connectivity index (χ4n) is 1.96. The van der Waals surface area contributed by atoms with Gasteiger partial charge in [0.2, 0.25) is 0 Å². The number of alkyl carbamates (subject to hydrolysis) is 1. The highest BCUT2D eigenvalue weighted by molar-refractivity contribution is 5.78. The van der Waals surface area contributed by atoms with E-state index in [1.165, 1.54) is 0 Å². The van der Waals surface area contributed by atoms with E-state index in [0.717, 1.165) is 12.8 Å². The number of ketones is 1. The molecule has 0 spiro atoms. The molecule has 4 heteroatoms. The Morgan fingerprint density at radius 2 is 1.88 bits per heavy atom. The van der Waals surface area contributed by atoms with Crippen LogP contribution in [0.3, 0.4) is 0 Å². The Hall–Kier alpha value is -1.06. The standard InChI is InChI=1S/C13H23NO3/c1-5-11(15)8-9-6-10(7-9)14-12(16)17-13(2,3)4/h9-10H,5-8H2,1-4H3,(H,14,16). The molecular weight excluding hydrogens is 218 g/mol. The molecule has 1 aliphatic rings. The van der Waals surface area contributed by atoms with Crippen LogP contribution >= 0.6 is 0 Å². The molecule has 0 aromatic heterocycles. The number of hydrogen-bond acceptors (Lipinski definition) is 3. The summed E-state index contributed by atoms with van der Waals surface area (Å²) in [6.07, 6.45) is 2.70. The minimum absolute atomic E-state index is 0.180. The third kappa shape index (κ3) is 5.20. The van der Waals surface area contributed by atoms with Crippen molar-refractivity contribution in [3.8, 4) is 0 Å². The van der Waals surface area contributed by atoms with Gasteiger partial charge < -0.3 is 10.1 Å². The first kappa shape index (κ1) is 14.0. The number of Topliss-reactive ketones (excluding diaryl/α,β-unsaturated/α-hetero) is 1. The number of hydrogen-bond donors (Lipinski definition) is 1. The Kier molecular flexibility index (Phi) is 4.54. The first-order valence-electron chi connectivity index (χ1n) is 6.31. The molecule has 98 valence electrons. The lowest BCUT2D eigenvalue weighted by molar-refractivity contribution is -0.120. The molecule has 0 atom stereocenters. The van der Waals surface area contributed by atoms with Crippen molar-refractivity contribution in [2.24, 2.45) is 5.92 Å². The van der Waals surface area contributed by atoms with Gasteiger partial charge in [-0.25, -0.2) is 4.79 Å². The Balaban J connectivity index is 2.17. The quantitative estimate of drug-likeness (QED) is 0.823. The SMILES string of the molecule is CCC(=O)CC1CC(NC(=O)OC(C)(C)C)C1. The first-order chi connectivity index (χ1) is 7.80. The molecule has 1 rings (SSSR count). The Labute approximate surface area is 103 Å². The third-order valence-corrected chi connectivity index (χ3v) is 2.87. The van der Waals surface area contributed by atoms with Gasteiger partial charge in [0.15, 0.2) is 0 Å². The van der Waals surface area contributed by atoms with Gasteiger partial charge in [-0.3, -0.25) is 4.79 Å². The molecule has 1 amide bonds. The molecule has 1 N–H and O–H groups in total. The van der Waals surface area contributed by atoms with Crippen LogP contribution in [0, 0.1) is 5.92 Å². The summed E-state index contributed by atoms with van der Waals surface area (Å²) in [5.41, 5.74) is -0.453. The molecule has 0 saturated heterocycles. The summed E-state index contributed by atoms with van der Waals surface area (Å²) in [5.74, 6) is 0.758. The predicted octanol–water partition coefficient (Wildman–Crippen LogP) is 2.66. The van der Waals surface area contributed by atoms with Crippen LogP contribution in [-0.4, -0.2) is 23.5 Å². The maximum absolute atomic E-state index is 11.4. The van der Waals surface area contributed by atoms with E-state index >= 15 is 0 Å². The summed E-state index contributed by atoms with van der Waals surface area (Å²) in [7, 11) is 0. The highest BCUT2D eigenvalue weighted by atomic mass is 16.6. The summed E-state index contributed by atoms with van der Waals surface area (Å²) in [4.78, 5) is 22.7. The fraction of sp³-hybridized carbons (Fsp3) is 0.846. The molecule has 1 aliphatic carbocycles. The maximum atomic E-state index is 11.4. The van der Waals surface area contributed by atoms with Crippen molar-refractivity contribution >= 4 is 11.9 Å². The van der Waals surface area contributed by atoms with Crippen LogP contribution in [0.25, 0.3) is 0 Å². The van der Waals surface area contributed by atoms with Gasteiger partial charge in [-0.05, 0) is 39.5 Å². The minimum Gasteiger partial charge on any atom is -0.444 e. The molecular formula is C13H23NO3. The molecule has 0 aromatic rings. The lowest BCUT2D eigenvalue weighted by atomic mass is 9.77. The van der Waals surface area contributed by atoms with Gasteiger partial charge in [-0.2, -0.15) is 0 Å². The van der Waals surface area contributed by atoms with Crippen LogP contribution in [0.1, 0.15) is 53.4 Å². The Morgan fingerprint density at radius 3 is 2.35 bits per heavy atom. The average Bonchev–Trinajstić information content (AvgIpc) is 2.11. The van der Waals surface area contributed by atoms with Crippen molar-refractivity contribution in [2.75, 3.05) is 0 Å². The molecule has 0 radical (unpaired) electrons. The highest BCUT2D eigenvalue weighted by Crippen LogP contribution is 2.31. The van der Waals surface area contributed by atoms with E-state index in [2.05, 4.69) is 5.32 Å². The van der Waals surface area contributed by atoms with Crippen molar-refractivity contribution in [3.05, 3.63) is 0 Å². The smallest absolute Gasteiger partial charge is 0.407 e. The summed E-state index contributed by atoms with van der Waals surface area (Å²) in [6, 6.07) is 0.180. The molecule has 0 aliphatic heterocycles. The van der Waals surface area contributed by atoms with Crippen molar-refractivity contribution in [1.29, 1.82) is 0 Å². The van der Waals surface area contributed by atoms with E-state index in [-0.39, 0.29) is 12.1 Å². The van der Waals surface area contributed by atoms with Crippen molar-refractivity contribution in [3.63, 3.8) is 0 Å². The number of carbonyl (C=O) groups excluding carboxylic acids is 2. The van der Waals surface area contributed by atoms with E-state index in [4.69, 9.17) is 4.74 Å². The monoisotopic (exact) mass is 241 g/mol. The van der Waals surface area contributed by atoms with Gasteiger partial charge in [0.1, 0.15) is 11.4 Å². The molecule has 0 aromatic carbocycles. The molecule has 4 nitrogen and oxygen atoms in total. The van der Waals surface area contributed by atoms with Crippen molar-refractivity contribution in [1.82, 2.24) is 5.32 Å². The van der Waals surface area contributed by atoms with Crippen LogP contribution in [-0.2, 0) is 9.53 Å². The molecule has 1 fully saturated rings. The lowest BCUT2D eigenvalue weighted by Crippen LogP contribution is -2.46. The summed E-state index contributed by atoms with van der Waals surface area (Å²) >= 11 is 0. The van der Waals surface area contributed by atoms with E-state index in [1.54, 1.807) is 0 Å². The largest absolute Gasteiger partial charge is 0.444 e. The van der Waals surface area contributed by atoms with Crippen LogP contribution in [0.15, 0.2) is 0 Å². The van der Waals surface area contributed by atoms with Crippen LogP contribution < -0.4 is 5.32 Å². The lowest BCUT2D eigenvalue weighted by Gasteiger charge is -2.35. The Bertz CT molecular complexity index is 288. The predicted molar refractivity (Wildman–Crippen MR) is 65.8 cm³/mol. The zero-order valence-corrected chi connectivity index (χ0v) is 11.2. The van der Waals surface area contributed by atoms with Gasteiger partial charge in [-0.15, -0.1) is 0 Å². The Morgan fingerprint density at radius 1 is 1.29 bits per heavy atom. The molecule has 0 bridgehead atoms. The first-order valence-corrected chi connectivity index (χ1v) is 6.31. The zero-order valence-electron chi connectivity index (χ0n) is 11.2. The molecule has 0 heterocycles. The van der Waals surface area contributed by atoms with Crippen LogP contribution in [0.5, 0.6) is 0 Å². The van der Waals surface area contributed by atoms with Gasteiger partial charge in [0.05, 0.1) is 0 Å². The number of rotatable bonds is 4. The van der Waals surface area contributed by atoms with Gasteiger partial charge in [0.25, 0.3) is 0 Å². The summed E-state index contributed by atoms with van der Waals surface area (Å²) in [6.45, 7) is 7.42. The van der Waals surface area contributed by atoms with E-state index in [0.29, 0.717) is 24.5 Å². The van der Waals surface area contributed by atoms with E-state index in [1.807, 2.05) is 27.7 Å². The highest BCUT2D eigenvalue weighted by Gasteiger charge is 2.32. The number of nitrogens with one attached hydrogen (secondary N) is 1. The minimum atomic E-state index is -0.453. The van der Waals surface area contributed by atoms with Crippen molar-refractivity contribution < 1.29 is 14.3 Å². The van der Waals surface area contributed by atoms with Crippen LogP contribution in [0.2, 0.25) is 0 Å². The average molecular weight is 241 g/mol. The van der Waals surface area contributed by atoms with E-state index in [9.17, 15) is 9.59 Å². The normalized spacial score (nSPS) is 23.8. The second-order valence-corrected chi connectivity index (χ2v) is 5.78. The third-order valence-electron chi connectivity index (χ3n) is 2.87. The summed E-state index contributed by atoms with van der Waals surface area (Å²) in [5, 5.41) is 2.82. The maximum Gasteiger partial charge on any atom is 0.407 e. The van der Waals surface area contributed by atoms with E-state index < -0.39 is 5.60 Å². The summed E-state index contributed by atoms with van der Waals surface area (Å²) < 4.78 is 5.16. The second kappa shape index (κ2) is 5.52.